The van der Waals surface area contributed by atoms with Crippen molar-refractivity contribution in [2.75, 3.05) is 18.4 Å². The van der Waals surface area contributed by atoms with E-state index in [-0.39, 0.29) is 16.8 Å². The molecule has 1 atom stereocenters. The lowest BCUT2D eigenvalue weighted by Gasteiger charge is -2.20. The first kappa shape index (κ1) is 18.1. The Balaban J connectivity index is 1.46. The SMILES string of the molecule is O=C(Nc1ccc(Cl)cc1C(F)(F)F)N1CC[C@H](n2cnnc2C2CC2)C1. The summed E-state index contributed by atoms with van der Waals surface area (Å²) in [4.78, 5) is 14.0. The number of aromatic nitrogens is 3. The third-order valence-corrected chi connectivity index (χ3v) is 5.15. The van der Waals surface area contributed by atoms with E-state index in [0.717, 1.165) is 24.7 Å². The van der Waals surface area contributed by atoms with Gasteiger partial charge in [-0.05, 0) is 37.5 Å². The van der Waals surface area contributed by atoms with Gasteiger partial charge >= 0.3 is 12.2 Å². The van der Waals surface area contributed by atoms with Crippen LogP contribution in [0.2, 0.25) is 5.02 Å². The predicted molar refractivity (Wildman–Crippen MR) is 92.7 cm³/mol. The molecular weight excluding hydrogens is 383 g/mol. The van der Waals surface area contributed by atoms with Crippen LogP contribution in [0.25, 0.3) is 0 Å². The second-order valence-corrected chi connectivity index (χ2v) is 7.31. The van der Waals surface area contributed by atoms with Crippen molar-refractivity contribution in [1.29, 1.82) is 0 Å². The van der Waals surface area contributed by atoms with E-state index in [1.54, 1.807) is 6.33 Å². The highest BCUT2D eigenvalue weighted by molar-refractivity contribution is 6.30. The van der Waals surface area contributed by atoms with E-state index < -0.39 is 17.8 Å². The number of hydrogen-bond donors (Lipinski definition) is 1. The molecule has 27 heavy (non-hydrogen) atoms. The number of nitrogens with zero attached hydrogens (tertiary/aromatic N) is 4. The maximum absolute atomic E-state index is 13.2. The molecule has 0 radical (unpaired) electrons. The summed E-state index contributed by atoms with van der Waals surface area (Å²) in [5.41, 5.74) is -1.27. The second kappa shape index (κ2) is 6.70. The van der Waals surface area contributed by atoms with E-state index in [0.29, 0.717) is 25.4 Å². The summed E-state index contributed by atoms with van der Waals surface area (Å²) in [6.07, 6.45) is -0.0555. The summed E-state index contributed by atoms with van der Waals surface area (Å²) >= 11 is 5.67. The van der Waals surface area contributed by atoms with E-state index >= 15 is 0 Å². The number of rotatable bonds is 3. The number of nitrogens with one attached hydrogen (secondary N) is 1. The quantitative estimate of drug-likeness (QED) is 0.836. The van der Waals surface area contributed by atoms with Crippen molar-refractivity contribution < 1.29 is 18.0 Å². The van der Waals surface area contributed by atoms with Crippen molar-refractivity contribution in [2.24, 2.45) is 0 Å². The molecule has 6 nitrogen and oxygen atoms in total. The van der Waals surface area contributed by atoms with E-state index in [2.05, 4.69) is 15.5 Å². The van der Waals surface area contributed by atoms with Crippen molar-refractivity contribution >= 4 is 23.3 Å². The molecule has 1 aliphatic carbocycles. The molecule has 1 saturated heterocycles. The zero-order chi connectivity index (χ0) is 19.2. The highest BCUT2D eigenvalue weighted by atomic mass is 35.5. The molecule has 0 bridgehead atoms. The van der Waals surface area contributed by atoms with E-state index in [9.17, 15) is 18.0 Å². The number of alkyl halides is 3. The fourth-order valence-electron chi connectivity index (χ4n) is 3.37. The fraction of sp³-hybridized carbons (Fsp3) is 0.471. The van der Waals surface area contributed by atoms with Gasteiger partial charge in [-0.2, -0.15) is 13.2 Å². The van der Waals surface area contributed by atoms with Crippen LogP contribution in [-0.2, 0) is 6.18 Å². The Morgan fingerprint density at radius 2 is 2.04 bits per heavy atom. The fourth-order valence-corrected chi connectivity index (χ4v) is 3.55. The van der Waals surface area contributed by atoms with Gasteiger partial charge in [-0.15, -0.1) is 10.2 Å². The molecule has 1 aromatic heterocycles. The first-order chi connectivity index (χ1) is 12.8. The summed E-state index contributed by atoms with van der Waals surface area (Å²) in [6, 6.07) is 2.77. The molecule has 1 saturated carbocycles. The summed E-state index contributed by atoms with van der Waals surface area (Å²) in [7, 11) is 0. The van der Waals surface area contributed by atoms with Crippen molar-refractivity contribution in [3.05, 3.63) is 40.9 Å². The molecule has 0 unspecified atom stereocenters. The maximum atomic E-state index is 13.2. The topological polar surface area (TPSA) is 63.1 Å². The molecule has 2 aliphatic rings. The van der Waals surface area contributed by atoms with Crippen molar-refractivity contribution in [3.63, 3.8) is 0 Å². The van der Waals surface area contributed by atoms with Gasteiger partial charge < -0.3 is 14.8 Å². The summed E-state index contributed by atoms with van der Waals surface area (Å²) in [5, 5.41) is 10.5. The zero-order valence-corrected chi connectivity index (χ0v) is 15.0. The van der Waals surface area contributed by atoms with Crippen LogP contribution < -0.4 is 5.32 Å². The number of likely N-dealkylation sites (tertiary alicyclic amines) is 1. The number of carbonyl (C=O) groups excluding carboxylic acids is 1. The van der Waals surface area contributed by atoms with Gasteiger partial charge in [-0.25, -0.2) is 4.79 Å². The van der Waals surface area contributed by atoms with Crippen LogP contribution in [0.5, 0.6) is 0 Å². The van der Waals surface area contributed by atoms with Crippen molar-refractivity contribution in [2.45, 2.75) is 37.4 Å². The van der Waals surface area contributed by atoms with Gasteiger partial charge in [0.25, 0.3) is 0 Å². The normalized spacial score (nSPS) is 20.1. The first-order valence-corrected chi connectivity index (χ1v) is 9.03. The Kier molecular flexibility index (Phi) is 4.49. The van der Waals surface area contributed by atoms with Crippen LogP contribution in [0.1, 0.15) is 42.6 Å². The van der Waals surface area contributed by atoms with Gasteiger partial charge in [0.1, 0.15) is 12.2 Å². The number of amides is 2. The van der Waals surface area contributed by atoms with Gasteiger partial charge in [-0.3, -0.25) is 0 Å². The largest absolute Gasteiger partial charge is 0.418 e. The Labute approximate surface area is 158 Å². The van der Waals surface area contributed by atoms with Crippen LogP contribution in [0, 0.1) is 0 Å². The highest BCUT2D eigenvalue weighted by Gasteiger charge is 2.36. The molecule has 10 heteroatoms. The smallest absolute Gasteiger partial charge is 0.322 e. The van der Waals surface area contributed by atoms with Crippen LogP contribution in [-0.4, -0.2) is 38.8 Å². The minimum atomic E-state index is -4.61. The maximum Gasteiger partial charge on any atom is 0.418 e. The number of anilines is 1. The molecule has 2 amide bonds. The van der Waals surface area contributed by atoms with Gasteiger partial charge in [0.05, 0.1) is 17.3 Å². The molecule has 1 aromatic carbocycles. The molecule has 2 aromatic rings. The van der Waals surface area contributed by atoms with Crippen LogP contribution in [0.4, 0.5) is 23.7 Å². The number of halogens is 4. The average Bonchev–Trinajstić information content (AvgIpc) is 3.14. The summed E-state index contributed by atoms with van der Waals surface area (Å²) < 4.78 is 41.6. The third kappa shape index (κ3) is 3.73. The molecule has 0 spiro atoms. The number of carbonyl (C=O) groups is 1. The summed E-state index contributed by atoms with van der Waals surface area (Å²) in [5.74, 6) is 1.36. The lowest BCUT2D eigenvalue weighted by atomic mass is 10.1. The van der Waals surface area contributed by atoms with Gasteiger partial charge in [0.15, 0.2) is 0 Å². The molecule has 4 rings (SSSR count). The Morgan fingerprint density at radius 3 is 2.74 bits per heavy atom. The van der Waals surface area contributed by atoms with Crippen LogP contribution in [0.3, 0.4) is 0 Å². The molecule has 144 valence electrons. The van der Waals surface area contributed by atoms with Crippen LogP contribution in [0.15, 0.2) is 24.5 Å². The Bertz CT molecular complexity index is 864. The minimum Gasteiger partial charge on any atom is -0.322 e. The Morgan fingerprint density at radius 1 is 1.26 bits per heavy atom. The molecule has 2 fully saturated rings. The molecular formula is C17H17ClF3N5O. The van der Waals surface area contributed by atoms with Crippen molar-refractivity contribution in [1.82, 2.24) is 19.7 Å². The van der Waals surface area contributed by atoms with Crippen LogP contribution >= 0.6 is 11.6 Å². The Hall–Kier alpha value is -2.29. The molecule has 1 N–H and O–H groups in total. The minimum absolute atomic E-state index is 0.0358. The summed E-state index contributed by atoms with van der Waals surface area (Å²) in [6.45, 7) is 0.853. The van der Waals surface area contributed by atoms with E-state index in [1.807, 2.05) is 4.57 Å². The highest BCUT2D eigenvalue weighted by Crippen LogP contribution is 2.40. The monoisotopic (exact) mass is 399 g/mol. The second-order valence-electron chi connectivity index (χ2n) is 6.88. The molecule has 1 aliphatic heterocycles. The van der Waals surface area contributed by atoms with Gasteiger partial charge in [0.2, 0.25) is 0 Å². The van der Waals surface area contributed by atoms with Gasteiger partial charge in [0, 0.05) is 24.0 Å². The van der Waals surface area contributed by atoms with Gasteiger partial charge in [-0.1, -0.05) is 11.6 Å². The lowest BCUT2D eigenvalue weighted by molar-refractivity contribution is -0.136. The average molecular weight is 400 g/mol. The number of hydrogen-bond acceptors (Lipinski definition) is 3. The van der Waals surface area contributed by atoms with E-state index in [4.69, 9.17) is 11.6 Å². The zero-order valence-electron chi connectivity index (χ0n) is 14.2. The van der Waals surface area contributed by atoms with E-state index in [1.165, 1.54) is 17.0 Å². The third-order valence-electron chi connectivity index (χ3n) is 4.92. The lowest BCUT2D eigenvalue weighted by Crippen LogP contribution is -2.34. The number of urea groups is 1. The van der Waals surface area contributed by atoms with Crippen molar-refractivity contribution in [3.8, 4) is 0 Å². The standard InChI is InChI=1S/C17H17ClF3N5O/c18-11-3-4-14(13(7-11)17(19,20)21)23-16(27)25-6-5-12(8-25)26-9-22-24-15(26)10-1-2-10/h3-4,7,9-10,12H,1-2,5-6,8H2,(H,23,27)/t12-/m0/s1. The first-order valence-electron chi connectivity index (χ1n) is 8.65. The molecule has 2 heterocycles. The number of benzene rings is 1. The predicted octanol–water partition coefficient (Wildman–Crippen LogP) is 4.31.